The van der Waals surface area contributed by atoms with Gasteiger partial charge in [-0.3, -0.25) is 0 Å². The van der Waals surface area contributed by atoms with Crippen LogP contribution in [0.2, 0.25) is 0 Å². The normalized spacial score (nSPS) is 18.9. The van der Waals surface area contributed by atoms with Crippen molar-refractivity contribution in [1.29, 1.82) is 0 Å². The number of alkyl halides is 1. The van der Waals surface area contributed by atoms with E-state index < -0.39 is 0 Å². The van der Waals surface area contributed by atoms with Gasteiger partial charge in [-0.2, -0.15) is 0 Å². The smallest absolute Gasteiger partial charge is 0.231 e. The van der Waals surface area contributed by atoms with Gasteiger partial charge in [-0.25, -0.2) is 0 Å². The van der Waals surface area contributed by atoms with E-state index in [-0.39, 0.29) is 12.9 Å². The zero-order valence-corrected chi connectivity index (χ0v) is 25.1. The lowest BCUT2D eigenvalue weighted by Gasteiger charge is -2.40. The molecule has 216 valence electrons. The number of halogens is 1. The molecule has 1 aliphatic carbocycles. The molecule has 0 fully saturated rings. The monoisotopic (exact) mass is 573 g/mol. The molecule has 1 atom stereocenters. The first-order valence-electron chi connectivity index (χ1n) is 14.9. The molecule has 3 aliphatic heterocycles. The second-order valence-electron chi connectivity index (χ2n) is 11.5. The highest BCUT2D eigenvalue weighted by Gasteiger charge is 2.37. The molecule has 0 saturated heterocycles. The minimum atomic E-state index is -0.231. The number of methoxy groups -OCH3 is 1. The van der Waals surface area contributed by atoms with Crippen molar-refractivity contribution in [3.05, 3.63) is 99.5 Å². The maximum atomic E-state index is 6.57. The van der Waals surface area contributed by atoms with E-state index in [4.69, 9.17) is 30.5 Å². The Morgan fingerprint density at radius 1 is 1.00 bits per heavy atom. The molecule has 6 heteroatoms. The third kappa shape index (κ3) is 5.67. The number of unbranched alkanes of at least 4 members (excludes halogenated alkanes) is 3. The molecule has 0 bridgehead atoms. The summed E-state index contributed by atoms with van der Waals surface area (Å²) in [7, 11) is 1.74. The summed E-state index contributed by atoms with van der Waals surface area (Å²) in [5.74, 6) is 3.75. The molecule has 4 aliphatic rings. The highest BCUT2D eigenvalue weighted by atomic mass is 35.5. The molecular formula is C35H40ClNO4. The molecule has 5 nitrogen and oxygen atoms in total. The number of fused-ring (bicyclic) bond motifs is 5. The minimum absolute atomic E-state index is 0.231. The molecule has 1 unspecified atom stereocenters. The van der Waals surface area contributed by atoms with Crippen LogP contribution in [0.15, 0.2) is 77.2 Å². The summed E-state index contributed by atoms with van der Waals surface area (Å²) < 4.78 is 24.0. The van der Waals surface area contributed by atoms with Crippen molar-refractivity contribution in [2.45, 2.75) is 64.4 Å². The van der Waals surface area contributed by atoms with Crippen LogP contribution in [-0.4, -0.2) is 43.9 Å². The average Bonchev–Trinajstić information content (AvgIpc) is 3.45. The van der Waals surface area contributed by atoms with E-state index in [1.807, 2.05) is 0 Å². The first-order valence-corrected chi connectivity index (χ1v) is 15.5. The van der Waals surface area contributed by atoms with Crippen LogP contribution in [0.5, 0.6) is 11.5 Å². The van der Waals surface area contributed by atoms with Crippen molar-refractivity contribution >= 4 is 17.3 Å². The summed E-state index contributed by atoms with van der Waals surface area (Å²) in [4.78, 5) is 2.42. The van der Waals surface area contributed by atoms with Crippen molar-refractivity contribution in [3.8, 4) is 11.5 Å². The Balaban J connectivity index is 1.39. The maximum absolute atomic E-state index is 6.57. The van der Waals surface area contributed by atoms with Gasteiger partial charge >= 0.3 is 0 Å². The van der Waals surface area contributed by atoms with Crippen LogP contribution in [-0.2, 0) is 22.3 Å². The van der Waals surface area contributed by atoms with Gasteiger partial charge in [0.05, 0.1) is 12.8 Å². The summed E-state index contributed by atoms with van der Waals surface area (Å²) in [6, 6.07) is 13.4. The Kier molecular flexibility index (Phi) is 8.45. The van der Waals surface area contributed by atoms with Gasteiger partial charge in [-0.05, 0) is 71.2 Å². The predicted molar refractivity (Wildman–Crippen MR) is 164 cm³/mol. The van der Waals surface area contributed by atoms with Gasteiger partial charge in [-0.15, -0.1) is 11.6 Å². The van der Waals surface area contributed by atoms with Crippen molar-refractivity contribution in [2.75, 3.05) is 32.9 Å². The molecule has 2 aromatic rings. The summed E-state index contributed by atoms with van der Waals surface area (Å²) in [5.41, 5.74) is 10.1. The quantitative estimate of drug-likeness (QED) is 0.202. The molecule has 0 aromatic heterocycles. The van der Waals surface area contributed by atoms with Crippen molar-refractivity contribution < 1.29 is 18.9 Å². The lowest BCUT2D eigenvalue weighted by molar-refractivity contribution is 0.0581. The number of allylic oxidation sites excluding steroid dienone is 3. The van der Waals surface area contributed by atoms with E-state index in [1.165, 1.54) is 44.7 Å². The lowest BCUT2D eigenvalue weighted by Crippen LogP contribution is -2.34. The molecule has 6 rings (SSSR count). The Morgan fingerprint density at radius 2 is 1.78 bits per heavy atom. The second kappa shape index (κ2) is 12.4. The average molecular weight is 574 g/mol. The zero-order valence-electron chi connectivity index (χ0n) is 24.4. The first-order chi connectivity index (χ1) is 20.1. The molecule has 41 heavy (non-hydrogen) atoms. The van der Waals surface area contributed by atoms with Crippen LogP contribution in [0.25, 0.3) is 5.70 Å². The van der Waals surface area contributed by atoms with Crippen molar-refractivity contribution in [1.82, 2.24) is 4.90 Å². The second-order valence-corrected chi connectivity index (χ2v) is 11.9. The Bertz CT molecular complexity index is 1400. The van der Waals surface area contributed by atoms with Gasteiger partial charge in [0, 0.05) is 42.8 Å². The van der Waals surface area contributed by atoms with Gasteiger partial charge in [-0.1, -0.05) is 57.0 Å². The summed E-state index contributed by atoms with van der Waals surface area (Å²) >= 11 is 5.87. The van der Waals surface area contributed by atoms with E-state index in [2.05, 4.69) is 73.5 Å². The summed E-state index contributed by atoms with van der Waals surface area (Å²) in [5, 5.41) is 0. The van der Waals surface area contributed by atoms with Gasteiger partial charge in [0.1, 0.15) is 11.9 Å². The maximum Gasteiger partial charge on any atom is 0.231 e. The first kappa shape index (κ1) is 28.0. The predicted octanol–water partition coefficient (Wildman–Crippen LogP) is 7.90. The van der Waals surface area contributed by atoms with Crippen LogP contribution in [0.4, 0.5) is 0 Å². The Hall–Kier alpha value is -3.15. The molecule has 0 saturated carbocycles. The number of rotatable bonds is 11. The van der Waals surface area contributed by atoms with E-state index in [9.17, 15) is 0 Å². The molecule has 0 spiro atoms. The molecular weight excluding hydrogens is 534 g/mol. The number of benzene rings is 2. The molecule has 3 heterocycles. The van der Waals surface area contributed by atoms with E-state index >= 15 is 0 Å². The Labute approximate surface area is 249 Å². The van der Waals surface area contributed by atoms with E-state index in [0.29, 0.717) is 12.5 Å². The zero-order chi connectivity index (χ0) is 28.3. The highest BCUT2D eigenvalue weighted by Crippen LogP contribution is 2.47. The molecule has 2 aromatic carbocycles. The third-order valence-corrected chi connectivity index (χ3v) is 8.78. The minimum Gasteiger partial charge on any atom is -0.498 e. The standard InChI is InChI=1S/C35H40ClNO4/c1-23(2)25-10-8-24(9-11-25)18-29-27-12-13-31(38-3)35(39-17-7-5-4-6-15-36)30(27)21-37-16-14-26-19-32-33(41-22-40-32)20-28(26)34(29)37/h8-13,19-21,23,35H,4-7,14-18,22H2,1-3H3. The van der Waals surface area contributed by atoms with E-state index in [0.717, 1.165) is 68.2 Å². The van der Waals surface area contributed by atoms with Gasteiger partial charge in [0.15, 0.2) is 11.5 Å². The SMILES string of the molecule is COC1=CC=C2C(=CN3CCc4cc5c(cc4C3=C2Cc2ccc(C(C)C)cc2)OCO5)C1OCCCCCCCl. The summed E-state index contributed by atoms with van der Waals surface area (Å²) in [6.07, 6.45) is 12.5. The fourth-order valence-electron chi connectivity index (χ4n) is 6.24. The van der Waals surface area contributed by atoms with E-state index in [1.54, 1.807) is 7.11 Å². The molecule has 0 amide bonds. The van der Waals surface area contributed by atoms with Crippen molar-refractivity contribution in [2.24, 2.45) is 0 Å². The fraction of sp³-hybridized carbons (Fsp3) is 0.429. The highest BCUT2D eigenvalue weighted by molar-refractivity contribution is 6.17. The van der Waals surface area contributed by atoms with Crippen LogP contribution in [0, 0.1) is 0 Å². The number of hydrogen-bond acceptors (Lipinski definition) is 5. The largest absolute Gasteiger partial charge is 0.498 e. The Morgan fingerprint density at radius 3 is 2.54 bits per heavy atom. The number of hydrogen-bond donors (Lipinski definition) is 0. The number of nitrogens with zero attached hydrogens (tertiary/aromatic N) is 1. The topological polar surface area (TPSA) is 40.2 Å². The fourth-order valence-corrected chi connectivity index (χ4v) is 6.43. The van der Waals surface area contributed by atoms with Gasteiger partial charge in [0.2, 0.25) is 6.79 Å². The van der Waals surface area contributed by atoms with Gasteiger partial charge in [0.25, 0.3) is 0 Å². The molecule has 0 radical (unpaired) electrons. The summed E-state index contributed by atoms with van der Waals surface area (Å²) in [6.45, 7) is 6.34. The molecule has 0 N–H and O–H groups in total. The van der Waals surface area contributed by atoms with Crippen LogP contribution in [0.1, 0.15) is 67.7 Å². The van der Waals surface area contributed by atoms with Crippen LogP contribution < -0.4 is 9.47 Å². The van der Waals surface area contributed by atoms with Crippen LogP contribution >= 0.6 is 11.6 Å². The van der Waals surface area contributed by atoms with Gasteiger partial charge < -0.3 is 23.8 Å². The van der Waals surface area contributed by atoms with Crippen molar-refractivity contribution in [3.63, 3.8) is 0 Å². The third-order valence-electron chi connectivity index (χ3n) is 8.51. The number of ether oxygens (including phenoxy) is 4. The van der Waals surface area contributed by atoms with Crippen LogP contribution in [0.3, 0.4) is 0 Å². The lowest BCUT2D eigenvalue weighted by atomic mass is 9.79.